The summed E-state index contributed by atoms with van der Waals surface area (Å²) in [6.45, 7) is 0.164. The molecule has 0 aliphatic heterocycles. The van der Waals surface area contributed by atoms with E-state index in [1.54, 1.807) is 48.5 Å². The van der Waals surface area contributed by atoms with E-state index in [1.165, 1.54) is 6.08 Å². The van der Waals surface area contributed by atoms with E-state index in [9.17, 15) is 22.8 Å². The molecule has 1 saturated carbocycles. The molecule has 0 heterocycles. The van der Waals surface area contributed by atoms with Crippen molar-refractivity contribution in [3.63, 3.8) is 0 Å². The number of hydrogen-bond donors (Lipinski definition) is 2. The molecular weight excluding hydrogens is 449 g/mol. The minimum absolute atomic E-state index is 0.0591. The molecule has 3 rings (SSSR count). The van der Waals surface area contributed by atoms with Crippen molar-refractivity contribution < 1.29 is 32.2 Å². The number of halogens is 3. The predicted octanol–water partition coefficient (Wildman–Crippen LogP) is 4.92. The van der Waals surface area contributed by atoms with Crippen molar-refractivity contribution >= 4 is 29.4 Å². The van der Waals surface area contributed by atoms with Crippen LogP contribution in [0.3, 0.4) is 0 Å². The van der Waals surface area contributed by atoms with Gasteiger partial charge in [0.15, 0.2) is 0 Å². The predicted molar refractivity (Wildman–Crippen MR) is 123 cm³/mol. The number of ether oxygens (including phenoxy) is 2. The zero-order chi connectivity index (χ0) is 24.7. The van der Waals surface area contributed by atoms with Gasteiger partial charge in [0.1, 0.15) is 5.75 Å². The lowest BCUT2D eigenvalue weighted by Crippen LogP contribution is -2.31. The number of esters is 2. The molecule has 1 aliphatic carbocycles. The van der Waals surface area contributed by atoms with Crippen molar-refractivity contribution in [1.29, 1.82) is 0 Å². The van der Waals surface area contributed by atoms with Crippen LogP contribution in [0, 0.1) is 11.8 Å². The van der Waals surface area contributed by atoms with E-state index in [0.29, 0.717) is 29.1 Å². The SMILES string of the molecule is Nc1ccc(CCOC(=O)C=Cc2ccc(OC(=O)C3CCC(C(F)(F)F)CC3)cc2)c(N)c1. The normalized spacial score (nSPS) is 18.6. The van der Waals surface area contributed by atoms with E-state index < -0.39 is 30.0 Å². The van der Waals surface area contributed by atoms with Gasteiger partial charge in [-0.3, -0.25) is 4.79 Å². The van der Waals surface area contributed by atoms with Gasteiger partial charge in [-0.15, -0.1) is 0 Å². The number of alkyl halides is 3. The van der Waals surface area contributed by atoms with Crippen molar-refractivity contribution in [2.45, 2.75) is 38.3 Å². The Balaban J connectivity index is 1.42. The summed E-state index contributed by atoms with van der Waals surface area (Å²) in [5.74, 6) is -2.61. The van der Waals surface area contributed by atoms with Crippen LogP contribution in [0.5, 0.6) is 5.75 Å². The Morgan fingerprint density at radius 2 is 1.68 bits per heavy atom. The Kier molecular flexibility index (Phi) is 8.20. The molecule has 0 unspecified atom stereocenters. The number of hydrogen-bond acceptors (Lipinski definition) is 6. The zero-order valence-corrected chi connectivity index (χ0v) is 18.5. The van der Waals surface area contributed by atoms with E-state index in [1.807, 2.05) is 0 Å². The molecule has 0 amide bonds. The Hall–Kier alpha value is -3.49. The van der Waals surface area contributed by atoms with Gasteiger partial charge >= 0.3 is 18.1 Å². The molecule has 0 aromatic heterocycles. The van der Waals surface area contributed by atoms with Crippen LogP contribution in [0.4, 0.5) is 24.5 Å². The van der Waals surface area contributed by atoms with Gasteiger partial charge in [0.05, 0.1) is 18.4 Å². The quantitative estimate of drug-likeness (QED) is 0.254. The molecule has 4 N–H and O–H groups in total. The molecular formula is C25H27F3N2O4. The highest BCUT2D eigenvalue weighted by Gasteiger charge is 2.42. The van der Waals surface area contributed by atoms with Gasteiger partial charge in [0.2, 0.25) is 0 Å². The minimum atomic E-state index is -4.21. The van der Waals surface area contributed by atoms with Crippen LogP contribution in [-0.2, 0) is 20.7 Å². The van der Waals surface area contributed by atoms with Gasteiger partial charge < -0.3 is 20.9 Å². The average Bonchev–Trinajstić information content (AvgIpc) is 2.79. The van der Waals surface area contributed by atoms with E-state index in [-0.39, 0.29) is 32.3 Å². The zero-order valence-electron chi connectivity index (χ0n) is 18.5. The maximum atomic E-state index is 12.8. The lowest BCUT2D eigenvalue weighted by atomic mass is 9.82. The van der Waals surface area contributed by atoms with Crippen molar-refractivity contribution in [3.8, 4) is 5.75 Å². The molecule has 182 valence electrons. The average molecular weight is 476 g/mol. The van der Waals surface area contributed by atoms with Crippen LogP contribution in [0.1, 0.15) is 36.8 Å². The van der Waals surface area contributed by atoms with Crippen LogP contribution in [0.2, 0.25) is 0 Å². The number of nitrogen functional groups attached to an aromatic ring is 2. The molecule has 0 bridgehead atoms. The van der Waals surface area contributed by atoms with Crippen LogP contribution < -0.4 is 16.2 Å². The van der Waals surface area contributed by atoms with E-state index >= 15 is 0 Å². The number of anilines is 2. The first-order valence-corrected chi connectivity index (χ1v) is 11.0. The van der Waals surface area contributed by atoms with Crippen molar-refractivity contribution in [1.82, 2.24) is 0 Å². The molecule has 6 nitrogen and oxygen atoms in total. The number of benzene rings is 2. The number of nitrogens with two attached hydrogens (primary N) is 2. The molecule has 1 aliphatic rings. The molecule has 34 heavy (non-hydrogen) atoms. The van der Waals surface area contributed by atoms with Crippen LogP contribution >= 0.6 is 0 Å². The largest absolute Gasteiger partial charge is 0.462 e. The number of rotatable bonds is 7. The second-order valence-corrected chi connectivity index (χ2v) is 8.29. The second-order valence-electron chi connectivity index (χ2n) is 8.29. The smallest absolute Gasteiger partial charge is 0.391 e. The molecule has 9 heteroatoms. The van der Waals surface area contributed by atoms with Gasteiger partial charge in [-0.05, 0) is 67.2 Å². The van der Waals surface area contributed by atoms with Crippen molar-refractivity contribution in [2.75, 3.05) is 18.1 Å². The third-order valence-corrected chi connectivity index (χ3v) is 5.82. The maximum absolute atomic E-state index is 12.8. The summed E-state index contributed by atoms with van der Waals surface area (Å²) in [4.78, 5) is 24.2. The first-order chi connectivity index (χ1) is 16.1. The summed E-state index contributed by atoms with van der Waals surface area (Å²) in [5, 5.41) is 0. The Morgan fingerprint density at radius 3 is 2.29 bits per heavy atom. The van der Waals surface area contributed by atoms with E-state index in [2.05, 4.69) is 0 Å². The molecule has 0 radical (unpaired) electrons. The highest BCUT2D eigenvalue weighted by molar-refractivity contribution is 5.87. The lowest BCUT2D eigenvalue weighted by molar-refractivity contribution is -0.185. The van der Waals surface area contributed by atoms with Gasteiger partial charge in [-0.25, -0.2) is 4.79 Å². The first-order valence-electron chi connectivity index (χ1n) is 11.0. The fraction of sp³-hybridized carbons (Fsp3) is 0.360. The third kappa shape index (κ3) is 7.26. The van der Waals surface area contributed by atoms with Crippen molar-refractivity contribution in [2.24, 2.45) is 11.8 Å². The van der Waals surface area contributed by atoms with Gasteiger partial charge in [0, 0.05) is 23.9 Å². The number of carbonyl (C=O) groups is 2. The van der Waals surface area contributed by atoms with E-state index in [0.717, 1.165) is 5.56 Å². The monoisotopic (exact) mass is 476 g/mol. The summed E-state index contributed by atoms with van der Waals surface area (Å²) >= 11 is 0. The van der Waals surface area contributed by atoms with Gasteiger partial charge in [0.25, 0.3) is 0 Å². The molecule has 0 saturated heterocycles. The molecule has 2 aromatic carbocycles. The Labute approximate surface area is 195 Å². The standard InChI is InChI=1S/C25H27F3N2O4/c26-25(27,28)19-7-4-18(5-8-19)24(32)34-21-10-1-16(2-11-21)3-12-23(31)33-14-13-17-6-9-20(29)15-22(17)30/h1-3,6,9-12,15,18-19H,4-5,7-8,13-14,29-30H2. The summed E-state index contributed by atoms with van der Waals surface area (Å²) in [7, 11) is 0. The highest BCUT2D eigenvalue weighted by atomic mass is 19.4. The lowest BCUT2D eigenvalue weighted by Gasteiger charge is -2.28. The summed E-state index contributed by atoms with van der Waals surface area (Å²) in [6, 6.07) is 11.6. The van der Waals surface area contributed by atoms with Gasteiger partial charge in [-0.2, -0.15) is 13.2 Å². The third-order valence-electron chi connectivity index (χ3n) is 5.82. The van der Waals surface area contributed by atoms with E-state index in [4.69, 9.17) is 20.9 Å². The maximum Gasteiger partial charge on any atom is 0.391 e. The highest BCUT2D eigenvalue weighted by Crippen LogP contribution is 2.39. The second kappa shape index (κ2) is 11.1. The van der Waals surface area contributed by atoms with Crippen LogP contribution in [0.25, 0.3) is 6.08 Å². The Morgan fingerprint density at radius 1 is 1.00 bits per heavy atom. The molecule has 0 spiro atoms. The topological polar surface area (TPSA) is 105 Å². The van der Waals surface area contributed by atoms with Gasteiger partial charge in [-0.1, -0.05) is 18.2 Å². The summed E-state index contributed by atoms with van der Waals surface area (Å²) in [6.07, 6.45) is -0.698. The fourth-order valence-corrected chi connectivity index (χ4v) is 3.82. The van der Waals surface area contributed by atoms with Crippen LogP contribution in [0.15, 0.2) is 48.5 Å². The molecule has 2 aromatic rings. The first kappa shape index (κ1) is 25.1. The van der Waals surface area contributed by atoms with Crippen molar-refractivity contribution in [3.05, 3.63) is 59.7 Å². The fourth-order valence-electron chi connectivity index (χ4n) is 3.82. The number of carbonyl (C=O) groups excluding carboxylic acids is 2. The Bertz CT molecular complexity index is 1030. The minimum Gasteiger partial charge on any atom is -0.462 e. The molecule has 0 atom stereocenters. The summed E-state index contributed by atoms with van der Waals surface area (Å²) in [5.41, 5.74) is 14.2. The summed E-state index contributed by atoms with van der Waals surface area (Å²) < 4.78 is 48.8. The van der Waals surface area contributed by atoms with Crippen LogP contribution in [-0.4, -0.2) is 24.7 Å². The molecule has 1 fully saturated rings.